The number of carbonyl (C=O) groups excluding carboxylic acids is 1. The molecule has 3 aromatic rings. The molecule has 7 nitrogen and oxygen atoms in total. The Bertz CT molecular complexity index is 964. The average Bonchev–Trinajstić information content (AvgIpc) is 3.29. The minimum atomic E-state index is -0.499. The molecule has 1 saturated heterocycles. The van der Waals surface area contributed by atoms with E-state index in [9.17, 15) is 4.79 Å². The molecule has 0 aliphatic carbocycles. The first-order valence-corrected chi connectivity index (χ1v) is 10.3. The molecule has 30 heavy (non-hydrogen) atoms. The van der Waals surface area contributed by atoms with Crippen molar-refractivity contribution >= 4 is 11.6 Å². The summed E-state index contributed by atoms with van der Waals surface area (Å²) in [6.45, 7) is 6.71. The van der Waals surface area contributed by atoms with Crippen LogP contribution in [0.3, 0.4) is 0 Å². The van der Waals surface area contributed by atoms with Crippen LogP contribution in [0.1, 0.15) is 19.7 Å². The van der Waals surface area contributed by atoms with Gasteiger partial charge in [0.25, 0.3) is 5.91 Å². The number of anilines is 1. The largest absolute Gasteiger partial charge is 0.481 e. The second kappa shape index (κ2) is 8.98. The molecule has 1 aliphatic rings. The molecule has 4 rings (SSSR count). The van der Waals surface area contributed by atoms with Gasteiger partial charge in [0.15, 0.2) is 6.10 Å². The second-order valence-corrected chi connectivity index (χ2v) is 7.30. The summed E-state index contributed by atoms with van der Waals surface area (Å²) in [6, 6.07) is 17.6. The van der Waals surface area contributed by atoms with Crippen LogP contribution in [0.25, 0.3) is 11.4 Å². The molecule has 1 fully saturated rings. The van der Waals surface area contributed by atoms with Gasteiger partial charge in [0.1, 0.15) is 5.75 Å². The summed E-state index contributed by atoms with van der Waals surface area (Å²) in [4.78, 5) is 21.3. The van der Waals surface area contributed by atoms with E-state index in [1.54, 1.807) is 0 Å². The van der Waals surface area contributed by atoms with Gasteiger partial charge in [0, 0.05) is 43.9 Å². The zero-order chi connectivity index (χ0) is 20.9. The Morgan fingerprint density at radius 3 is 2.40 bits per heavy atom. The summed E-state index contributed by atoms with van der Waals surface area (Å²) >= 11 is 0. The van der Waals surface area contributed by atoms with Gasteiger partial charge in [0.05, 0.1) is 0 Å². The van der Waals surface area contributed by atoms with Gasteiger partial charge in [-0.15, -0.1) is 0 Å². The molecule has 0 radical (unpaired) electrons. The highest BCUT2D eigenvalue weighted by molar-refractivity contribution is 5.81. The number of nitrogens with zero attached hydrogens (tertiary/aromatic N) is 4. The molecule has 7 heteroatoms. The Morgan fingerprint density at radius 1 is 1.07 bits per heavy atom. The molecular weight excluding hydrogens is 380 g/mol. The van der Waals surface area contributed by atoms with E-state index in [0.717, 1.165) is 30.8 Å². The Hall–Kier alpha value is -3.35. The molecule has 2 heterocycles. The predicted molar refractivity (Wildman–Crippen MR) is 114 cm³/mol. The zero-order valence-electron chi connectivity index (χ0n) is 17.3. The summed E-state index contributed by atoms with van der Waals surface area (Å²) in [7, 11) is 0. The molecule has 0 saturated carbocycles. The predicted octanol–water partition coefficient (Wildman–Crippen LogP) is 3.42. The Kier molecular flexibility index (Phi) is 5.97. The van der Waals surface area contributed by atoms with E-state index in [1.165, 1.54) is 0 Å². The van der Waals surface area contributed by atoms with Crippen molar-refractivity contribution in [3.63, 3.8) is 0 Å². The Labute approximate surface area is 176 Å². The first-order chi connectivity index (χ1) is 14.6. The van der Waals surface area contributed by atoms with Gasteiger partial charge in [-0.05, 0) is 43.3 Å². The van der Waals surface area contributed by atoms with Crippen LogP contribution in [-0.2, 0) is 11.2 Å². The first-order valence-electron chi connectivity index (χ1n) is 10.3. The number of carbonyl (C=O) groups is 1. The van der Waals surface area contributed by atoms with E-state index >= 15 is 0 Å². The highest BCUT2D eigenvalue weighted by Gasteiger charge is 2.26. The smallest absolute Gasteiger partial charge is 0.263 e. The lowest BCUT2D eigenvalue weighted by Crippen LogP contribution is -2.52. The van der Waals surface area contributed by atoms with Crippen molar-refractivity contribution in [2.45, 2.75) is 26.4 Å². The zero-order valence-corrected chi connectivity index (χ0v) is 17.3. The van der Waals surface area contributed by atoms with Crippen molar-refractivity contribution in [3.05, 3.63) is 60.5 Å². The van der Waals surface area contributed by atoms with Crippen LogP contribution in [-0.4, -0.2) is 53.2 Å². The third-order valence-electron chi connectivity index (χ3n) is 5.26. The van der Waals surface area contributed by atoms with E-state index in [-0.39, 0.29) is 5.91 Å². The maximum absolute atomic E-state index is 12.7. The Balaban J connectivity index is 1.32. The molecule has 1 aromatic heterocycles. The van der Waals surface area contributed by atoms with Gasteiger partial charge in [-0.25, -0.2) is 0 Å². The van der Waals surface area contributed by atoms with Crippen molar-refractivity contribution in [1.29, 1.82) is 0 Å². The number of aromatic nitrogens is 2. The van der Waals surface area contributed by atoms with Crippen LogP contribution in [0.15, 0.2) is 59.1 Å². The molecule has 1 aliphatic heterocycles. The van der Waals surface area contributed by atoms with E-state index in [4.69, 9.17) is 9.26 Å². The number of hydrogen-bond acceptors (Lipinski definition) is 6. The number of amides is 1. The summed E-state index contributed by atoms with van der Waals surface area (Å²) in [5.74, 6) is 1.99. The standard InChI is InChI=1S/C23H26N4O3/c1-3-21-24-22(25-30-21)18-9-11-19(12-10-18)26-13-15-27(16-14-26)23(28)17(2)29-20-7-5-4-6-8-20/h4-12,17H,3,13-16H2,1-2H3. The van der Waals surface area contributed by atoms with Crippen LogP contribution in [0, 0.1) is 0 Å². The minimum absolute atomic E-state index is 0.0256. The fourth-order valence-electron chi connectivity index (χ4n) is 3.53. The third-order valence-corrected chi connectivity index (χ3v) is 5.26. The van der Waals surface area contributed by atoms with Crippen molar-refractivity contribution in [2.75, 3.05) is 31.1 Å². The molecule has 1 unspecified atom stereocenters. The number of benzene rings is 2. The molecular formula is C23H26N4O3. The first kappa shape index (κ1) is 19.9. The summed E-state index contributed by atoms with van der Waals surface area (Å²) in [6.07, 6.45) is 0.226. The molecule has 0 N–H and O–H groups in total. The number of ether oxygens (including phenoxy) is 1. The molecule has 0 spiro atoms. The average molecular weight is 406 g/mol. The van der Waals surface area contributed by atoms with Crippen molar-refractivity contribution < 1.29 is 14.1 Å². The van der Waals surface area contributed by atoms with Crippen LogP contribution >= 0.6 is 0 Å². The normalized spacial score (nSPS) is 15.1. The van der Waals surface area contributed by atoms with Gasteiger partial charge in [-0.1, -0.05) is 30.3 Å². The van der Waals surface area contributed by atoms with E-state index in [0.29, 0.717) is 30.6 Å². The molecule has 0 bridgehead atoms. The van der Waals surface area contributed by atoms with E-state index in [2.05, 4.69) is 27.2 Å². The van der Waals surface area contributed by atoms with Crippen molar-refractivity contribution in [3.8, 4) is 17.1 Å². The van der Waals surface area contributed by atoms with Crippen LogP contribution < -0.4 is 9.64 Å². The third kappa shape index (κ3) is 4.45. The van der Waals surface area contributed by atoms with Gasteiger partial charge in [0.2, 0.25) is 11.7 Å². The van der Waals surface area contributed by atoms with Gasteiger partial charge in [-0.3, -0.25) is 4.79 Å². The lowest BCUT2D eigenvalue weighted by Gasteiger charge is -2.37. The van der Waals surface area contributed by atoms with Crippen molar-refractivity contribution in [1.82, 2.24) is 15.0 Å². The van der Waals surface area contributed by atoms with Crippen LogP contribution in [0.2, 0.25) is 0 Å². The number of aryl methyl sites for hydroxylation is 1. The number of rotatable bonds is 6. The highest BCUT2D eigenvalue weighted by atomic mass is 16.5. The van der Waals surface area contributed by atoms with Gasteiger partial charge in [-0.2, -0.15) is 4.98 Å². The monoisotopic (exact) mass is 406 g/mol. The topological polar surface area (TPSA) is 71.7 Å². The highest BCUT2D eigenvalue weighted by Crippen LogP contribution is 2.23. The molecule has 1 atom stereocenters. The molecule has 1 amide bonds. The lowest BCUT2D eigenvalue weighted by molar-refractivity contribution is -0.138. The molecule has 156 valence electrons. The van der Waals surface area contributed by atoms with Crippen LogP contribution in [0.4, 0.5) is 5.69 Å². The number of piperazine rings is 1. The van der Waals surface area contributed by atoms with E-state index < -0.39 is 6.10 Å². The summed E-state index contributed by atoms with van der Waals surface area (Å²) < 4.78 is 11.0. The number of para-hydroxylation sites is 1. The maximum Gasteiger partial charge on any atom is 0.263 e. The minimum Gasteiger partial charge on any atom is -0.481 e. The fourth-order valence-corrected chi connectivity index (χ4v) is 3.53. The van der Waals surface area contributed by atoms with Gasteiger partial charge < -0.3 is 19.1 Å². The van der Waals surface area contributed by atoms with Gasteiger partial charge >= 0.3 is 0 Å². The SMILES string of the molecule is CCc1nc(-c2ccc(N3CCN(C(=O)C(C)Oc4ccccc4)CC3)cc2)no1. The van der Waals surface area contributed by atoms with Crippen LogP contribution in [0.5, 0.6) is 5.75 Å². The maximum atomic E-state index is 12.7. The second-order valence-electron chi connectivity index (χ2n) is 7.30. The van der Waals surface area contributed by atoms with Crippen molar-refractivity contribution in [2.24, 2.45) is 0 Å². The summed E-state index contributed by atoms with van der Waals surface area (Å²) in [5, 5.41) is 4.02. The van der Waals surface area contributed by atoms with E-state index in [1.807, 2.05) is 61.2 Å². The fraction of sp³-hybridized carbons (Fsp3) is 0.348. The summed E-state index contributed by atoms with van der Waals surface area (Å²) in [5.41, 5.74) is 2.06. The number of hydrogen-bond donors (Lipinski definition) is 0. The quantitative estimate of drug-likeness (QED) is 0.625. The Morgan fingerprint density at radius 2 is 1.77 bits per heavy atom. The molecule has 2 aromatic carbocycles. The lowest BCUT2D eigenvalue weighted by atomic mass is 10.1.